The van der Waals surface area contributed by atoms with E-state index in [0.29, 0.717) is 40.3 Å². The van der Waals surface area contributed by atoms with Gasteiger partial charge in [-0.15, -0.1) is 0 Å². The van der Waals surface area contributed by atoms with Crippen molar-refractivity contribution in [1.29, 1.82) is 0 Å². The van der Waals surface area contributed by atoms with Gasteiger partial charge in [0.05, 0.1) is 22.0 Å². The Morgan fingerprint density at radius 2 is 1.69 bits per heavy atom. The topological polar surface area (TPSA) is 98.5 Å². The molecule has 0 saturated heterocycles. The van der Waals surface area contributed by atoms with E-state index < -0.39 is 11.6 Å². The maximum Gasteiger partial charge on any atom is 0.256 e. The summed E-state index contributed by atoms with van der Waals surface area (Å²) in [5, 5.41) is 9.07. The van der Waals surface area contributed by atoms with Gasteiger partial charge in [-0.3, -0.25) is 4.79 Å². The van der Waals surface area contributed by atoms with Crippen LogP contribution in [0.5, 0.6) is 0 Å². The minimum atomic E-state index is -0.716. The van der Waals surface area contributed by atoms with E-state index in [0.717, 1.165) is 16.9 Å². The van der Waals surface area contributed by atoms with Gasteiger partial charge in [0, 0.05) is 41.9 Å². The Labute approximate surface area is 203 Å². The number of imidazole rings is 1. The van der Waals surface area contributed by atoms with Crippen molar-refractivity contribution in [3.05, 3.63) is 95.0 Å². The summed E-state index contributed by atoms with van der Waals surface area (Å²) in [7, 11) is 0. The number of halogens is 2. The minimum Gasteiger partial charge on any atom is -0.383 e. The lowest BCUT2D eigenvalue weighted by Gasteiger charge is -2.11. The number of aromatic amines is 2. The highest BCUT2D eigenvalue weighted by molar-refractivity contribution is 6.23. The van der Waals surface area contributed by atoms with Crippen LogP contribution in [0.4, 0.5) is 20.3 Å². The van der Waals surface area contributed by atoms with E-state index in [-0.39, 0.29) is 16.9 Å². The molecule has 3 aromatic carbocycles. The molecular weight excluding hydrogens is 462 g/mol. The molecule has 0 atom stereocenters. The van der Waals surface area contributed by atoms with Crippen LogP contribution in [0.2, 0.25) is 0 Å². The number of nitrogens with zero attached hydrogens (tertiary/aromatic N) is 2. The van der Waals surface area contributed by atoms with Crippen LogP contribution in [0, 0.1) is 11.6 Å². The molecule has 0 unspecified atom stereocenters. The number of anilines is 2. The second-order valence-corrected chi connectivity index (χ2v) is 8.33. The smallest absolute Gasteiger partial charge is 0.256 e. The quantitative estimate of drug-likeness (QED) is 0.188. The third kappa shape index (κ3) is 3.70. The van der Waals surface area contributed by atoms with Gasteiger partial charge in [-0.1, -0.05) is 18.2 Å². The predicted octanol–water partition coefficient (Wildman–Crippen LogP) is 5.42. The van der Waals surface area contributed by atoms with Gasteiger partial charge >= 0.3 is 0 Å². The van der Waals surface area contributed by atoms with Crippen molar-refractivity contribution in [3.8, 4) is 11.4 Å². The second-order valence-electron chi connectivity index (χ2n) is 8.33. The Hall–Kier alpha value is -4.79. The van der Waals surface area contributed by atoms with E-state index in [1.165, 1.54) is 18.2 Å². The van der Waals surface area contributed by atoms with Gasteiger partial charge in [0.2, 0.25) is 0 Å². The third-order valence-electron chi connectivity index (χ3n) is 6.10. The summed E-state index contributed by atoms with van der Waals surface area (Å²) in [4.78, 5) is 27.5. The van der Waals surface area contributed by atoms with Crippen molar-refractivity contribution >= 4 is 44.1 Å². The molecule has 0 aliphatic heterocycles. The van der Waals surface area contributed by atoms with Crippen LogP contribution in [-0.2, 0) is 0 Å². The van der Waals surface area contributed by atoms with Gasteiger partial charge in [-0.25, -0.2) is 18.7 Å². The van der Waals surface area contributed by atoms with E-state index >= 15 is 0 Å². The first-order valence-electron chi connectivity index (χ1n) is 11.4. The zero-order valence-corrected chi connectivity index (χ0v) is 18.9. The number of aromatic nitrogens is 4. The summed E-state index contributed by atoms with van der Waals surface area (Å²) in [6.45, 7) is 1.27. The number of hydrogen-bond acceptors (Lipinski definition) is 5. The first-order valence-corrected chi connectivity index (χ1v) is 11.4. The average molecular weight is 482 g/mol. The summed E-state index contributed by atoms with van der Waals surface area (Å²) in [6, 6.07) is 16.8. The molecule has 6 rings (SSSR count). The fourth-order valence-electron chi connectivity index (χ4n) is 4.49. The van der Waals surface area contributed by atoms with Crippen LogP contribution in [0.15, 0.2) is 77.9 Å². The number of rotatable bonds is 6. The van der Waals surface area contributed by atoms with Crippen molar-refractivity contribution < 1.29 is 8.78 Å². The predicted molar refractivity (Wildman–Crippen MR) is 138 cm³/mol. The number of H-pyrrole nitrogens is 2. The molecule has 0 spiro atoms. The van der Waals surface area contributed by atoms with Gasteiger partial charge < -0.3 is 20.6 Å². The molecule has 0 saturated carbocycles. The molecule has 0 amide bonds. The van der Waals surface area contributed by atoms with Crippen molar-refractivity contribution in [2.24, 2.45) is 0 Å². The molecule has 7 nitrogen and oxygen atoms in total. The highest BCUT2D eigenvalue weighted by atomic mass is 19.1. The molecule has 9 heteroatoms. The summed E-state index contributed by atoms with van der Waals surface area (Å²) in [5.74, 6) is -0.575. The molecule has 0 fully saturated rings. The van der Waals surface area contributed by atoms with Crippen LogP contribution >= 0.6 is 0 Å². The molecule has 4 N–H and O–H groups in total. The lowest BCUT2D eigenvalue weighted by atomic mass is 10.0. The van der Waals surface area contributed by atoms with Crippen molar-refractivity contribution in [3.63, 3.8) is 0 Å². The number of fused-ring (bicyclic) bond motifs is 6. The Morgan fingerprint density at radius 1 is 0.861 bits per heavy atom. The molecule has 0 bridgehead atoms. The van der Waals surface area contributed by atoms with Crippen LogP contribution in [0.1, 0.15) is 0 Å². The summed E-state index contributed by atoms with van der Waals surface area (Å²) in [6.07, 6.45) is 3.27. The molecule has 0 aliphatic carbocycles. The van der Waals surface area contributed by atoms with Gasteiger partial charge in [-0.05, 0) is 47.9 Å². The second kappa shape index (κ2) is 8.77. The molecule has 0 radical (unpaired) electrons. The van der Waals surface area contributed by atoms with Crippen LogP contribution in [-0.4, -0.2) is 33.0 Å². The third-order valence-corrected chi connectivity index (χ3v) is 6.10. The fraction of sp³-hybridized carbons (Fsp3) is 0.0741. The normalized spacial score (nSPS) is 11.4. The molecule has 3 aromatic heterocycles. The van der Waals surface area contributed by atoms with Gasteiger partial charge in [0.1, 0.15) is 23.3 Å². The lowest BCUT2D eigenvalue weighted by molar-refractivity contribution is 0.588. The summed E-state index contributed by atoms with van der Waals surface area (Å²) >= 11 is 0. The lowest BCUT2D eigenvalue weighted by Crippen LogP contribution is -2.14. The summed E-state index contributed by atoms with van der Waals surface area (Å²) in [5.41, 5.74) is 1.40. The van der Waals surface area contributed by atoms with Gasteiger partial charge in [0.15, 0.2) is 0 Å². The molecular formula is C27H20F2N6O. The number of pyridine rings is 2. The first-order chi connectivity index (χ1) is 17.6. The largest absolute Gasteiger partial charge is 0.383 e. The standard InChI is InChI=1S/C27H20F2N6O/c28-19-4-3-5-20(29)23(19)26-34-24-16-8-7-15(30-12-13-32-21-6-1-2-10-31-21)14-18(16)22-17(25(24)35-26)9-11-33-27(22)36/h1-11,14,30H,12-13H2,(H,31,32)(H,33,36)(H,34,35). The van der Waals surface area contributed by atoms with Crippen molar-refractivity contribution in [2.75, 3.05) is 23.7 Å². The average Bonchev–Trinajstić information content (AvgIpc) is 3.32. The van der Waals surface area contributed by atoms with Crippen molar-refractivity contribution in [2.45, 2.75) is 0 Å². The summed E-state index contributed by atoms with van der Waals surface area (Å²) < 4.78 is 29.0. The van der Waals surface area contributed by atoms with Crippen LogP contribution < -0.4 is 16.2 Å². The highest BCUT2D eigenvalue weighted by Crippen LogP contribution is 2.36. The molecule has 178 valence electrons. The molecule has 6 aromatic rings. The molecule has 3 heterocycles. The van der Waals surface area contributed by atoms with E-state index in [4.69, 9.17) is 0 Å². The van der Waals surface area contributed by atoms with E-state index in [1.54, 1.807) is 18.5 Å². The molecule has 0 aliphatic rings. The highest BCUT2D eigenvalue weighted by Gasteiger charge is 2.19. The fourth-order valence-corrected chi connectivity index (χ4v) is 4.49. The zero-order chi connectivity index (χ0) is 24.6. The Bertz CT molecular complexity index is 1780. The maximum absolute atomic E-state index is 14.5. The maximum atomic E-state index is 14.5. The first kappa shape index (κ1) is 21.7. The van der Waals surface area contributed by atoms with Crippen LogP contribution in [0.25, 0.3) is 44.0 Å². The Balaban J connectivity index is 1.44. The van der Waals surface area contributed by atoms with Gasteiger partial charge in [-0.2, -0.15) is 0 Å². The number of benzene rings is 3. The number of nitrogens with one attached hydrogen (secondary N) is 4. The Kier molecular flexibility index (Phi) is 5.29. The van der Waals surface area contributed by atoms with Crippen molar-refractivity contribution in [1.82, 2.24) is 19.9 Å². The zero-order valence-electron chi connectivity index (χ0n) is 18.9. The van der Waals surface area contributed by atoms with Gasteiger partial charge in [0.25, 0.3) is 5.56 Å². The monoisotopic (exact) mass is 482 g/mol. The number of hydrogen-bond donors (Lipinski definition) is 4. The molecule has 36 heavy (non-hydrogen) atoms. The van der Waals surface area contributed by atoms with E-state index in [9.17, 15) is 13.6 Å². The van der Waals surface area contributed by atoms with E-state index in [2.05, 4.69) is 30.6 Å². The van der Waals surface area contributed by atoms with E-state index in [1.807, 2.05) is 36.4 Å². The SMILES string of the molecule is O=c1[nH]ccc2c3nc(-c4c(F)cccc4F)[nH]c3c3ccc(NCCNc4ccccn4)cc3c12. The van der Waals surface area contributed by atoms with Crippen LogP contribution in [0.3, 0.4) is 0 Å². The Morgan fingerprint density at radius 3 is 2.50 bits per heavy atom. The minimum absolute atomic E-state index is 0.0671.